The standard InChI is InChI=1S/C17H12F3N3O/c18-17(19,20)10-3-1-9(2-4-10)15-12-6-5-11(22)7-14(12)24-16(23)13(15)8-21/h1-7,15H,22-23H2/t15-/m1/s1. The molecule has 7 heteroatoms. The van der Waals surface area contributed by atoms with Gasteiger partial charge in [0.1, 0.15) is 17.4 Å². The van der Waals surface area contributed by atoms with Gasteiger partial charge in [-0.1, -0.05) is 18.2 Å². The Balaban J connectivity index is 2.13. The number of nitrogens with two attached hydrogens (primary N) is 2. The molecule has 0 saturated heterocycles. The highest BCUT2D eigenvalue weighted by atomic mass is 19.4. The fraction of sp³-hybridized carbons (Fsp3) is 0.118. The first-order chi connectivity index (χ1) is 11.3. The van der Waals surface area contributed by atoms with Crippen molar-refractivity contribution in [2.24, 2.45) is 5.73 Å². The maximum Gasteiger partial charge on any atom is 0.416 e. The zero-order valence-electron chi connectivity index (χ0n) is 12.3. The molecular weight excluding hydrogens is 319 g/mol. The lowest BCUT2D eigenvalue weighted by molar-refractivity contribution is -0.137. The first kappa shape index (κ1) is 15.7. The zero-order valence-corrected chi connectivity index (χ0v) is 12.3. The van der Waals surface area contributed by atoms with Crippen molar-refractivity contribution in [2.75, 3.05) is 5.73 Å². The molecule has 0 aromatic heterocycles. The van der Waals surface area contributed by atoms with E-state index in [1.54, 1.807) is 18.2 Å². The van der Waals surface area contributed by atoms with Crippen molar-refractivity contribution in [3.8, 4) is 11.8 Å². The summed E-state index contributed by atoms with van der Waals surface area (Å²) in [6, 6.07) is 11.5. The zero-order chi connectivity index (χ0) is 17.5. The van der Waals surface area contributed by atoms with E-state index >= 15 is 0 Å². The Labute approximate surface area is 135 Å². The molecule has 1 aliphatic rings. The van der Waals surface area contributed by atoms with Crippen molar-refractivity contribution < 1.29 is 17.9 Å². The Morgan fingerprint density at radius 2 is 1.71 bits per heavy atom. The van der Waals surface area contributed by atoms with Gasteiger partial charge >= 0.3 is 6.18 Å². The van der Waals surface area contributed by atoms with E-state index in [0.29, 0.717) is 22.6 Å². The summed E-state index contributed by atoms with van der Waals surface area (Å²) in [5.74, 6) is -0.307. The number of hydrogen-bond acceptors (Lipinski definition) is 4. The first-order valence-corrected chi connectivity index (χ1v) is 6.95. The van der Waals surface area contributed by atoms with E-state index in [1.165, 1.54) is 12.1 Å². The normalized spacial score (nSPS) is 17.0. The van der Waals surface area contributed by atoms with Crippen molar-refractivity contribution in [2.45, 2.75) is 12.1 Å². The maximum atomic E-state index is 12.7. The first-order valence-electron chi connectivity index (χ1n) is 6.95. The van der Waals surface area contributed by atoms with Gasteiger partial charge in [0.2, 0.25) is 5.88 Å². The van der Waals surface area contributed by atoms with Gasteiger partial charge in [0, 0.05) is 17.3 Å². The molecule has 0 unspecified atom stereocenters. The molecule has 1 atom stereocenters. The Morgan fingerprint density at radius 3 is 2.29 bits per heavy atom. The quantitative estimate of drug-likeness (QED) is 0.783. The Hall–Kier alpha value is -3.14. The molecule has 3 rings (SSSR count). The molecule has 0 aliphatic carbocycles. The number of benzene rings is 2. The minimum atomic E-state index is -4.42. The minimum absolute atomic E-state index is 0.0829. The van der Waals surface area contributed by atoms with Crippen molar-refractivity contribution >= 4 is 5.69 Å². The summed E-state index contributed by atoms with van der Waals surface area (Å²) >= 11 is 0. The van der Waals surface area contributed by atoms with Gasteiger partial charge < -0.3 is 16.2 Å². The molecule has 4 nitrogen and oxygen atoms in total. The highest BCUT2D eigenvalue weighted by molar-refractivity contribution is 5.59. The van der Waals surface area contributed by atoms with E-state index in [1.807, 2.05) is 6.07 Å². The van der Waals surface area contributed by atoms with E-state index in [0.717, 1.165) is 12.1 Å². The number of fused-ring (bicyclic) bond motifs is 1. The van der Waals surface area contributed by atoms with Crippen LogP contribution in [-0.2, 0) is 6.18 Å². The molecule has 122 valence electrons. The number of nitriles is 1. The predicted octanol–water partition coefficient (Wildman–Crippen LogP) is 3.51. The fourth-order valence-electron chi connectivity index (χ4n) is 2.68. The van der Waals surface area contributed by atoms with Crippen LogP contribution in [0.15, 0.2) is 53.9 Å². The summed E-state index contributed by atoms with van der Waals surface area (Å²) < 4.78 is 43.6. The number of anilines is 1. The van der Waals surface area contributed by atoms with Gasteiger partial charge in [-0.25, -0.2) is 0 Å². The molecule has 0 fully saturated rings. The van der Waals surface area contributed by atoms with Crippen LogP contribution in [0.2, 0.25) is 0 Å². The van der Waals surface area contributed by atoms with Gasteiger partial charge in [-0.05, 0) is 23.8 Å². The van der Waals surface area contributed by atoms with Crippen LogP contribution in [0.4, 0.5) is 18.9 Å². The van der Waals surface area contributed by atoms with Gasteiger partial charge in [-0.2, -0.15) is 18.4 Å². The van der Waals surface area contributed by atoms with Crippen molar-refractivity contribution in [1.29, 1.82) is 5.26 Å². The largest absolute Gasteiger partial charge is 0.440 e. The highest BCUT2D eigenvalue weighted by Gasteiger charge is 2.33. The number of halogens is 3. The topological polar surface area (TPSA) is 85.1 Å². The Bertz CT molecular complexity index is 864. The van der Waals surface area contributed by atoms with Crippen molar-refractivity contribution in [1.82, 2.24) is 0 Å². The maximum absolute atomic E-state index is 12.7. The second-order valence-electron chi connectivity index (χ2n) is 5.34. The molecule has 4 N–H and O–H groups in total. The minimum Gasteiger partial charge on any atom is -0.440 e. The lowest BCUT2D eigenvalue weighted by Gasteiger charge is -2.26. The average molecular weight is 331 g/mol. The lowest BCUT2D eigenvalue weighted by atomic mass is 9.83. The van der Waals surface area contributed by atoms with E-state index in [2.05, 4.69) is 0 Å². The van der Waals surface area contributed by atoms with Gasteiger partial charge in [0.25, 0.3) is 0 Å². The smallest absolute Gasteiger partial charge is 0.416 e. The molecule has 0 saturated carbocycles. The monoisotopic (exact) mass is 331 g/mol. The number of allylic oxidation sites excluding steroid dienone is 1. The summed E-state index contributed by atoms with van der Waals surface area (Å²) in [5, 5.41) is 9.38. The van der Waals surface area contributed by atoms with Crippen LogP contribution >= 0.6 is 0 Å². The summed E-state index contributed by atoms with van der Waals surface area (Å²) in [5.41, 5.74) is 12.5. The van der Waals surface area contributed by atoms with Crippen LogP contribution in [-0.4, -0.2) is 0 Å². The number of alkyl halides is 3. The highest BCUT2D eigenvalue weighted by Crippen LogP contribution is 2.43. The number of nitrogens with zero attached hydrogens (tertiary/aromatic N) is 1. The van der Waals surface area contributed by atoms with E-state index in [9.17, 15) is 18.4 Å². The summed E-state index contributed by atoms with van der Waals surface area (Å²) in [4.78, 5) is 0. The molecule has 0 bridgehead atoms. The summed E-state index contributed by atoms with van der Waals surface area (Å²) in [6.07, 6.45) is -4.42. The molecule has 1 aliphatic heterocycles. The van der Waals surface area contributed by atoms with Gasteiger partial charge in [-0.15, -0.1) is 0 Å². The third-order valence-electron chi connectivity index (χ3n) is 3.81. The number of ether oxygens (including phenoxy) is 1. The van der Waals surface area contributed by atoms with E-state index in [-0.39, 0.29) is 11.5 Å². The van der Waals surface area contributed by atoms with Gasteiger partial charge in [0.15, 0.2) is 0 Å². The third kappa shape index (κ3) is 2.63. The number of nitrogen functional groups attached to an aromatic ring is 1. The fourth-order valence-corrected chi connectivity index (χ4v) is 2.68. The van der Waals surface area contributed by atoms with Crippen LogP contribution in [0, 0.1) is 11.3 Å². The summed E-state index contributed by atoms with van der Waals surface area (Å²) in [6.45, 7) is 0. The van der Waals surface area contributed by atoms with Crippen LogP contribution in [0.5, 0.6) is 5.75 Å². The van der Waals surface area contributed by atoms with Gasteiger partial charge in [-0.3, -0.25) is 0 Å². The van der Waals surface area contributed by atoms with Crippen LogP contribution < -0.4 is 16.2 Å². The Kier molecular flexibility index (Phi) is 3.60. The van der Waals surface area contributed by atoms with Crippen LogP contribution in [0.1, 0.15) is 22.6 Å². The second-order valence-corrected chi connectivity index (χ2v) is 5.34. The SMILES string of the molecule is N#CC1=C(N)Oc2cc(N)ccc2[C@H]1c1ccc(C(F)(F)F)cc1. The molecule has 0 amide bonds. The lowest BCUT2D eigenvalue weighted by Crippen LogP contribution is -2.21. The van der Waals surface area contributed by atoms with Crippen LogP contribution in [0.25, 0.3) is 0 Å². The molecule has 2 aromatic rings. The number of rotatable bonds is 1. The molecular formula is C17H12F3N3O. The van der Waals surface area contributed by atoms with Gasteiger partial charge in [0.05, 0.1) is 11.5 Å². The molecule has 24 heavy (non-hydrogen) atoms. The Morgan fingerprint density at radius 1 is 1.04 bits per heavy atom. The third-order valence-corrected chi connectivity index (χ3v) is 3.81. The second kappa shape index (κ2) is 5.49. The van der Waals surface area contributed by atoms with Crippen molar-refractivity contribution in [3.63, 3.8) is 0 Å². The predicted molar refractivity (Wildman–Crippen MR) is 81.6 cm³/mol. The van der Waals surface area contributed by atoms with E-state index in [4.69, 9.17) is 16.2 Å². The molecule has 1 heterocycles. The molecule has 2 aromatic carbocycles. The molecule has 0 radical (unpaired) electrons. The van der Waals surface area contributed by atoms with Crippen LogP contribution in [0.3, 0.4) is 0 Å². The molecule has 0 spiro atoms. The number of hydrogen-bond donors (Lipinski definition) is 2. The van der Waals surface area contributed by atoms with E-state index < -0.39 is 17.7 Å². The average Bonchev–Trinajstić information content (AvgIpc) is 2.52. The summed E-state index contributed by atoms with van der Waals surface area (Å²) in [7, 11) is 0. The van der Waals surface area contributed by atoms with Crippen molar-refractivity contribution in [3.05, 3.63) is 70.6 Å².